The highest BCUT2D eigenvalue weighted by Crippen LogP contribution is 2.28. The molecule has 2 heterocycles. The Labute approximate surface area is 114 Å². The van der Waals surface area contributed by atoms with Crippen LogP contribution in [0.4, 0.5) is 10.1 Å². The van der Waals surface area contributed by atoms with E-state index in [0.717, 1.165) is 57.1 Å². The van der Waals surface area contributed by atoms with Crippen molar-refractivity contribution in [2.45, 2.75) is 19.4 Å². The zero-order valence-corrected chi connectivity index (χ0v) is 11.4. The van der Waals surface area contributed by atoms with Crippen LogP contribution in [-0.4, -0.2) is 44.2 Å². The van der Waals surface area contributed by atoms with Gasteiger partial charge < -0.3 is 10.2 Å². The first-order chi connectivity index (χ1) is 9.34. The van der Waals surface area contributed by atoms with Crippen LogP contribution in [0.5, 0.6) is 0 Å². The van der Waals surface area contributed by atoms with E-state index in [9.17, 15) is 4.39 Å². The number of hydrogen-bond acceptors (Lipinski definition) is 3. The van der Waals surface area contributed by atoms with E-state index >= 15 is 0 Å². The number of halogens is 1. The van der Waals surface area contributed by atoms with Crippen molar-refractivity contribution in [1.82, 2.24) is 10.2 Å². The maximum Gasteiger partial charge on any atom is 0.146 e. The lowest BCUT2D eigenvalue weighted by Crippen LogP contribution is -2.43. The highest BCUT2D eigenvalue weighted by molar-refractivity contribution is 5.55. The maximum absolute atomic E-state index is 14.2. The maximum atomic E-state index is 14.2. The summed E-state index contributed by atoms with van der Waals surface area (Å²) in [5.74, 6) is -0.0606. The van der Waals surface area contributed by atoms with Crippen LogP contribution < -0.4 is 10.2 Å². The van der Waals surface area contributed by atoms with Gasteiger partial charge in [-0.2, -0.15) is 0 Å². The number of nitrogens with zero attached hydrogens (tertiary/aromatic N) is 2. The largest absolute Gasteiger partial charge is 0.369 e. The fourth-order valence-corrected chi connectivity index (χ4v) is 3.09. The molecule has 0 unspecified atom stereocenters. The van der Waals surface area contributed by atoms with E-state index < -0.39 is 0 Å². The molecule has 2 aliphatic rings. The fraction of sp³-hybridized carbons (Fsp3) is 0.600. The van der Waals surface area contributed by atoms with Gasteiger partial charge in [0.25, 0.3) is 0 Å². The van der Waals surface area contributed by atoms with Gasteiger partial charge in [0.2, 0.25) is 0 Å². The second-order valence-corrected chi connectivity index (χ2v) is 5.47. The van der Waals surface area contributed by atoms with Gasteiger partial charge in [-0.05, 0) is 24.5 Å². The Morgan fingerprint density at radius 2 is 1.79 bits per heavy atom. The van der Waals surface area contributed by atoms with Crippen LogP contribution in [0.15, 0.2) is 18.2 Å². The standard InChI is InChI=1S/C15H22FN3/c16-14-5-3-4-13(12-18-10-6-17-7-11-18)15(14)19-8-1-2-9-19/h3-5,17H,1-2,6-12H2. The summed E-state index contributed by atoms with van der Waals surface area (Å²) in [5.41, 5.74) is 1.99. The van der Waals surface area contributed by atoms with Gasteiger partial charge in [-0.1, -0.05) is 12.1 Å². The van der Waals surface area contributed by atoms with Crippen molar-refractivity contribution in [3.63, 3.8) is 0 Å². The number of hydrogen-bond donors (Lipinski definition) is 1. The summed E-state index contributed by atoms with van der Waals surface area (Å²) in [6.45, 7) is 7.03. The van der Waals surface area contributed by atoms with Crippen LogP contribution in [0.2, 0.25) is 0 Å². The molecule has 0 bridgehead atoms. The van der Waals surface area contributed by atoms with Gasteiger partial charge in [-0.25, -0.2) is 4.39 Å². The predicted molar refractivity (Wildman–Crippen MR) is 76.0 cm³/mol. The van der Waals surface area contributed by atoms with Gasteiger partial charge >= 0.3 is 0 Å². The molecule has 19 heavy (non-hydrogen) atoms. The number of benzene rings is 1. The number of nitrogens with one attached hydrogen (secondary N) is 1. The normalized spacial score (nSPS) is 21.0. The second-order valence-electron chi connectivity index (χ2n) is 5.47. The van der Waals surface area contributed by atoms with E-state index in [2.05, 4.69) is 21.2 Å². The summed E-state index contributed by atoms with van der Waals surface area (Å²) in [6, 6.07) is 5.51. The molecular formula is C15H22FN3. The second kappa shape index (κ2) is 5.88. The van der Waals surface area contributed by atoms with Crippen molar-refractivity contribution < 1.29 is 4.39 Å². The lowest BCUT2D eigenvalue weighted by atomic mass is 10.1. The van der Waals surface area contributed by atoms with Gasteiger partial charge in [0.1, 0.15) is 5.82 Å². The molecule has 0 amide bonds. The van der Waals surface area contributed by atoms with Crippen LogP contribution in [0.1, 0.15) is 18.4 Å². The monoisotopic (exact) mass is 263 g/mol. The number of para-hydroxylation sites is 1. The molecule has 3 rings (SSSR count). The molecule has 2 saturated heterocycles. The van der Waals surface area contributed by atoms with E-state index in [4.69, 9.17) is 0 Å². The third-order valence-electron chi connectivity index (χ3n) is 4.10. The average molecular weight is 263 g/mol. The van der Waals surface area contributed by atoms with Crippen LogP contribution in [0, 0.1) is 5.82 Å². The minimum atomic E-state index is -0.0606. The Morgan fingerprint density at radius 3 is 2.53 bits per heavy atom. The smallest absolute Gasteiger partial charge is 0.146 e. The van der Waals surface area contributed by atoms with Gasteiger partial charge in [-0.15, -0.1) is 0 Å². The van der Waals surface area contributed by atoms with Crippen molar-refractivity contribution in [3.05, 3.63) is 29.6 Å². The van der Waals surface area contributed by atoms with E-state index in [1.165, 1.54) is 12.8 Å². The molecule has 0 spiro atoms. The van der Waals surface area contributed by atoms with Gasteiger partial charge in [0, 0.05) is 45.8 Å². The van der Waals surface area contributed by atoms with E-state index in [-0.39, 0.29) is 5.82 Å². The Morgan fingerprint density at radius 1 is 1.05 bits per heavy atom. The molecule has 1 aromatic rings. The molecule has 0 aromatic heterocycles. The Hall–Kier alpha value is -1.13. The number of rotatable bonds is 3. The summed E-state index contributed by atoms with van der Waals surface area (Å²) < 4.78 is 14.2. The molecule has 3 nitrogen and oxygen atoms in total. The third kappa shape index (κ3) is 2.90. The number of piperazine rings is 1. The molecule has 0 saturated carbocycles. The predicted octanol–water partition coefficient (Wildman–Crippen LogP) is 1.83. The highest BCUT2D eigenvalue weighted by atomic mass is 19.1. The summed E-state index contributed by atoms with van der Waals surface area (Å²) in [4.78, 5) is 4.62. The van der Waals surface area contributed by atoms with Crippen LogP contribution in [0.3, 0.4) is 0 Å². The van der Waals surface area contributed by atoms with Gasteiger partial charge in [-0.3, -0.25) is 4.90 Å². The first-order valence-electron chi connectivity index (χ1n) is 7.30. The van der Waals surface area contributed by atoms with Crippen molar-refractivity contribution in [2.24, 2.45) is 0 Å². The zero-order chi connectivity index (χ0) is 13.1. The molecule has 4 heteroatoms. The highest BCUT2D eigenvalue weighted by Gasteiger charge is 2.21. The Bertz CT molecular complexity index is 423. The van der Waals surface area contributed by atoms with E-state index in [1.54, 1.807) is 6.07 Å². The molecule has 0 atom stereocenters. The Balaban J connectivity index is 1.80. The van der Waals surface area contributed by atoms with E-state index in [1.807, 2.05) is 6.07 Å². The van der Waals surface area contributed by atoms with Crippen molar-refractivity contribution in [3.8, 4) is 0 Å². The van der Waals surface area contributed by atoms with Crippen LogP contribution in [0.25, 0.3) is 0 Å². The molecule has 0 radical (unpaired) electrons. The summed E-state index contributed by atoms with van der Waals surface area (Å²) in [5, 5.41) is 3.36. The minimum Gasteiger partial charge on any atom is -0.369 e. The topological polar surface area (TPSA) is 18.5 Å². The first kappa shape index (κ1) is 12.9. The quantitative estimate of drug-likeness (QED) is 0.897. The fourth-order valence-electron chi connectivity index (χ4n) is 3.09. The van der Waals surface area contributed by atoms with Crippen LogP contribution >= 0.6 is 0 Å². The summed E-state index contributed by atoms with van der Waals surface area (Å²) in [7, 11) is 0. The zero-order valence-electron chi connectivity index (χ0n) is 11.4. The molecule has 1 aromatic carbocycles. The lowest BCUT2D eigenvalue weighted by Gasteiger charge is -2.29. The van der Waals surface area contributed by atoms with Crippen molar-refractivity contribution in [2.75, 3.05) is 44.2 Å². The summed E-state index contributed by atoms with van der Waals surface area (Å²) in [6.07, 6.45) is 2.36. The molecule has 104 valence electrons. The average Bonchev–Trinajstić information content (AvgIpc) is 2.94. The van der Waals surface area contributed by atoms with Gasteiger partial charge in [0.15, 0.2) is 0 Å². The van der Waals surface area contributed by atoms with Gasteiger partial charge in [0.05, 0.1) is 5.69 Å². The van der Waals surface area contributed by atoms with Crippen LogP contribution in [-0.2, 0) is 6.54 Å². The molecule has 2 fully saturated rings. The van der Waals surface area contributed by atoms with E-state index in [0.29, 0.717) is 0 Å². The minimum absolute atomic E-state index is 0.0606. The lowest BCUT2D eigenvalue weighted by molar-refractivity contribution is 0.233. The first-order valence-corrected chi connectivity index (χ1v) is 7.30. The Kier molecular flexibility index (Phi) is 3.99. The SMILES string of the molecule is Fc1cccc(CN2CCNCC2)c1N1CCCC1. The third-order valence-corrected chi connectivity index (χ3v) is 4.10. The molecule has 2 aliphatic heterocycles. The molecular weight excluding hydrogens is 241 g/mol. The molecule has 0 aliphatic carbocycles. The number of anilines is 1. The van der Waals surface area contributed by atoms with Crippen molar-refractivity contribution >= 4 is 5.69 Å². The summed E-state index contributed by atoms with van der Waals surface area (Å²) >= 11 is 0. The van der Waals surface area contributed by atoms with Crippen molar-refractivity contribution in [1.29, 1.82) is 0 Å². The molecule has 1 N–H and O–H groups in total.